The molecule has 168 valence electrons. The van der Waals surface area contributed by atoms with Crippen LogP contribution in [0, 0.1) is 11.2 Å². The Labute approximate surface area is 191 Å². The van der Waals surface area contributed by atoms with Crippen LogP contribution >= 0.6 is 11.6 Å². The van der Waals surface area contributed by atoms with E-state index < -0.39 is 35.1 Å². The minimum Gasteiger partial charge on any atom is -0.368 e. The number of hydrogen-bond acceptors (Lipinski definition) is 7. The number of carbonyl (C=O) groups excluding carboxylic acids is 3. The lowest BCUT2D eigenvalue weighted by atomic mass is 9.68. The average Bonchev–Trinajstić information content (AvgIpc) is 3.18. The van der Waals surface area contributed by atoms with Crippen LogP contribution in [0.25, 0.3) is 11.0 Å². The molecule has 11 heteroatoms. The van der Waals surface area contributed by atoms with Gasteiger partial charge in [0.15, 0.2) is 16.4 Å². The highest BCUT2D eigenvalue weighted by atomic mass is 35.5. The lowest BCUT2D eigenvalue weighted by Gasteiger charge is -2.54. The van der Waals surface area contributed by atoms with E-state index in [0.717, 1.165) is 5.69 Å². The first-order valence-corrected chi connectivity index (χ1v) is 10.8. The molecule has 0 radical (unpaired) electrons. The number of nitrogens with zero attached hydrogens (tertiary/aromatic N) is 3. The zero-order valence-electron chi connectivity index (χ0n) is 17.1. The van der Waals surface area contributed by atoms with Gasteiger partial charge in [0.05, 0.1) is 17.1 Å². The third kappa shape index (κ3) is 2.70. The highest BCUT2D eigenvalue weighted by Gasteiger charge is 2.61. The Morgan fingerprint density at radius 3 is 2.58 bits per heavy atom. The molecule has 2 fully saturated rings. The van der Waals surface area contributed by atoms with Gasteiger partial charge in [-0.05, 0) is 23.8 Å². The number of amides is 4. The number of fused-ring (bicyclic) bond motifs is 5. The van der Waals surface area contributed by atoms with Gasteiger partial charge in [0.1, 0.15) is 0 Å². The van der Waals surface area contributed by atoms with Crippen LogP contribution in [0.5, 0.6) is 0 Å². The van der Waals surface area contributed by atoms with Gasteiger partial charge in [-0.2, -0.15) is 0 Å². The molecule has 9 nitrogen and oxygen atoms in total. The van der Waals surface area contributed by atoms with Crippen LogP contribution in [-0.4, -0.2) is 48.7 Å². The van der Waals surface area contributed by atoms with Gasteiger partial charge >= 0.3 is 6.03 Å². The summed E-state index contributed by atoms with van der Waals surface area (Å²) in [6.07, 6.45) is -0.106. The van der Waals surface area contributed by atoms with Crippen molar-refractivity contribution in [1.82, 2.24) is 15.8 Å². The number of rotatable bonds is 1. The Morgan fingerprint density at radius 2 is 1.85 bits per heavy atom. The van der Waals surface area contributed by atoms with Crippen molar-refractivity contribution in [3.63, 3.8) is 0 Å². The van der Waals surface area contributed by atoms with Crippen LogP contribution in [0.3, 0.4) is 0 Å². The van der Waals surface area contributed by atoms with E-state index in [4.69, 9.17) is 16.1 Å². The number of anilines is 2. The summed E-state index contributed by atoms with van der Waals surface area (Å²) >= 11 is 6.07. The number of halogens is 2. The number of barbiturate groups is 1. The quantitative estimate of drug-likeness (QED) is 0.526. The Kier molecular flexibility index (Phi) is 4.19. The Balaban J connectivity index is 1.54. The molecule has 33 heavy (non-hydrogen) atoms. The zero-order valence-corrected chi connectivity index (χ0v) is 17.9. The summed E-state index contributed by atoms with van der Waals surface area (Å²) in [6.45, 7) is 1.15. The number of urea groups is 1. The summed E-state index contributed by atoms with van der Waals surface area (Å²) in [4.78, 5) is 42.2. The molecule has 2 aromatic carbocycles. The molecule has 3 aliphatic rings. The van der Waals surface area contributed by atoms with Gasteiger partial charge < -0.3 is 14.3 Å². The van der Waals surface area contributed by atoms with E-state index in [0.29, 0.717) is 18.7 Å². The number of nitrogens with one attached hydrogen (secondary N) is 2. The maximum Gasteiger partial charge on any atom is 0.328 e. The van der Waals surface area contributed by atoms with Crippen molar-refractivity contribution in [3.8, 4) is 0 Å². The zero-order chi connectivity index (χ0) is 22.9. The molecular formula is C22H17ClFN5O4. The smallest absolute Gasteiger partial charge is 0.328 e. The van der Waals surface area contributed by atoms with E-state index in [9.17, 15) is 14.4 Å². The SMILES string of the molecule is O=C1NC(=O)C2(Cc3cc4c(Cl)noc4c(F)c3N3CCN(c4ccccc4)CC32)C(=O)N1. The van der Waals surface area contributed by atoms with E-state index in [2.05, 4.69) is 15.8 Å². The van der Waals surface area contributed by atoms with Gasteiger partial charge in [0.2, 0.25) is 17.4 Å². The van der Waals surface area contributed by atoms with Crippen molar-refractivity contribution >= 4 is 51.8 Å². The normalized spacial score (nSPS) is 21.6. The van der Waals surface area contributed by atoms with E-state index in [1.165, 1.54) is 0 Å². The van der Waals surface area contributed by atoms with Gasteiger partial charge in [-0.15, -0.1) is 0 Å². The van der Waals surface area contributed by atoms with Crippen LogP contribution in [0.2, 0.25) is 5.15 Å². The molecule has 2 saturated heterocycles. The molecule has 6 rings (SSSR count). The van der Waals surface area contributed by atoms with Crippen LogP contribution in [0.4, 0.5) is 20.6 Å². The number of aromatic nitrogens is 1. The van der Waals surface area contributed by atoms with Gasteiger partial charge in [-0.3, -0.25) is 20.2 Å². The first kappa shape index (κ1) is 20.0. The van der Waals surface area contributed by atoms with Crippen LogP contribution < -0.4 is 20.4 Å². The lowest BCUT2D eigenvalue weighted by Crippen LogP contribution is -2.74. The molecule has 2 N–H and O–H groups in total. The van der Waals surface area contributed by atoms with E-state index in [1.54, 1.807) is 11.0 Å². The van der Waals surface area contributed by atoms with E-state index in [-0.39, 0.29) is 34.8 Å². The van der Waals surface area contributed by atoms with Crippen molar-refractivity contribution in [1.29, 1.82) is 0 Å². The van der Waals surface area contributed by atoms with Gasteiger partial charge in [0.25, 0.3) is 0 Å². The van der Waals surface area contributed by atoms with Crippen LogP contribution in [-0.2, 0) is 16.0 Å². The highest BCUT2D eigenvalue weighted by Crippen LogP contribution is 2.48. The van der Waals surface area contributed by atoms with Crippen molar-refractivity contribution in [3.05, 3.63) is 52.9 Å². The molecule has 1 spiro atoms. The van der Waals surface area contributed by atoms with Gasteiger partial charge in [0, 0.05) is 31.7 Å². The van der Waals surface area contributed by atoms with Gasteiger partial charge in [-0.25, -0.2) is 9.18 Å². The molecular weight excluding hydrogens is 453 g/mol. The molecule has 4 heterocycles. The summed E-state index contributed by atoms with van der Waals surface area (Å²) in [7, 11) is 0. The monoisotopic (exact) mass is 469 g/mol. The maximum absolute atomic E-state index is 15.7. The molecule has 0 aliphatic carbocycles. The van der Waals surface area contributed by atoms with Crippen LogP contribution in [0.15, 0.2) is 40.9 Å². The highest BCUT2D eigenvalue weighted by molar-refractivity contribution is 6.34. The summed E-state index contributed by atoms with van der Waals surface area (Å²) in [5, 5.41) is 8.38. The Bertz CT molecular complexity index is 1320. The maximum atomic E-state index is 15.7. The minimum absolute atomic E-state index is 0.00973. The first-order valence-electron chi connectivity index (χ1n) is 10.4. The molecule has 3 aliphatic heterocycles. The average molecular weight is 470 g/mol. The predicted molar refractivity (Wildman–Crippen MR) is 117 cm³/mol. The predicted octanol–water partition coefficient (Wildman–Crippen LogP) is 2.22. The molecule has 4 amide bonds. The molecule has 1 aromatic heterocycles. The standard InChI is InChI=1S/C22H17ClFN5O4/c23-18-13-8-11-9-22(19(30)25-21(32)26-20(22)31)14-10-28(12-4-2-1-3-5-12)6-7-29(14)16(11)15(24)17(13)33-27-18/h1-5,8,14H,6-7,9-10H2,(H2,25,26,30,31,32). The minimum atomic E-state index is -1.64. The first-order chi connectivity index (χ1) is 15.9. The van der Waals surface area contributed by atoms with Crippen molar-refractivity contribution < 1.29 is 23.3 Å². The van der Waals surface area contributed by atoms with E-state index in [1.807, 2.05) is 35.2 Å². The number of carbonyl (C=O) groups is 3. The fourth-order valence-corrected chi connectivity index (χ4v) is 5.46. The van der Waals surface area contributed by atoms with E-state index >= 15 is 4.39 Å². The second-order valence-corrected chi connectivity index (χ2v) is 8.78. The molecule has 1 unspecified atom stereocenters. The number of benzene rings is 2. The Hall–Kier alpha value is -3.66. The molecule has 0 bridgehead atoms. The van der Waals surface area contributed by atoms with Crippen molar-refractivity contribution in [2.45, 2.75) is 12.5 Å². The lowest BCUT2D eigenvalue weighted by molar-refractivity contribution is -0.146. The fourth-order valence-electron chi connectivity index (χ4n) is 5.29. The molecule has 0 saturated carbocycles. The third-order valence-corrected chi connectivity index (χ3v) is 7.08. The van der Waals surface area contributed by atoms with Gasteiger partial charge in [-0.1, -0.05) is 35.0 Å². The topological polar surface area (TPSA) is 108 Å². The summed E-state index contributed by atoms with van der Waals surface area (Å²) in [5.41, 5.74) is -0.112. The summed E-state index contributed by atoms with van der Waals surface area (Å²) in [6, 6.07) is 9.56. The Morgan fingerprint density at radius 1 is 1.12 bits per heavy atom. The largest absolute Gasteiger partial charge is 0.368 e. The third-order valence-electron chi connectivity index (χ3n) is 6.81. The molecule has 1 atom stereocenters. The van der Waals surface area contributed by atoms with Crippen molar-refractivity contribution in [2.24, 2.45) is 5.41 Å². The van der Waals surface area contributed by atoms with Crippen LogP contribution in [0.1, 0.15) is 5.56 Å². The van der Waals surface area contributed by atoms with Crippen molar-refractivity contribution in [2.75, 3.05) is 29.4 Å². The number of hydrogen-bond donors (Lipinski definition) is 2. The fraction of sp³-hybridized carbons (Fsp3) is 0.273. The summed E-state index contributed by atoms with van der Waals surface area (Å²) < 4.78 is 20.8. The number of piperazine rings is 1. The molecule has 3 aromatic rings. The second-order valence-electron chi connectivity index (χ2n) is 8.42. The number of para-hydroxylation sites is 1. The second kappa shape index (κ2) is 6.92. The summed E-state index contributed by atoms with van der Waals surface area (Å²) in [5.74, 6) is -2.05. The number of imide groups is 2.